The van der Waals surface area contributed by atoms with Crippen LogP contribution in [0.5, 0.6) is 0 Å². The molecule has 1 aromatic carbocycles. The lowest BCUT2D eigenvalue weighted by molar-refractivity contribution is -0.0569. The third kappa shape index (κ3) is 3.03. The van der Waals surface area contributed by atoms with Gasteiger partial charge in [0.2, 0.25) is 0 Å². The lowest BCUT2D eigenvalue weighted by Gasteiger charge is -2.43. The average Bonchev–Trinajstić information content (AvgIpc) is 3.39. The molecule has 1 aliphatic carbocycles. The first-order valence-corrected chi connectivity index (χ1v) is 7.85. The molecule has 1 saturated heterocycles. The van der Waals surface area contributed by atoms with Gasteiger partial charge in [0.05, 0.1) is 24.3 Å². The van der Waals surface area contributed by atoms with Gasteiger partial charge >= 0.3 is 12.1 Å². The Morgan fingerprint density at radius 2 is 1.91 bits per heavy atom. The molecule has 2 aliphatic rings. The van der Waals surface area contributed by atoms with Crippen molar-refractivity contribution in [3.8, 4) is 0 Å². The minimum atomic E-state index is -0.982. The number of carboxylic acid groups (broad SMARTS) is 1. The SMILES string of the molecule is COC(=O)c1ccc([C@@H]2CC(O)(C3CC3)CCN2C(=O)O)cc1. The smallest absolute Gasteiger partial charge is 0.407 e. The number of carbonyl (C=O) groups is 2. The van der Waals surface area contributed by atoms with Gasteiger partial charge in [-0.1, -0.05) is 12.1 Å². The largest absolute Gasteiger partial charge is 0.465 e. The van der Waals surface area contributed by atoms with Gasteiger partial charge in [0.15, 0.2) is 0 Å². The van der Waals surface area contributed by atoms with Crippen LogP contribution in [0, 0.1) is 5.92 Å². The maximum Gasteiger partial charge on any atom is 0.407 e. The molecule has 2 fully saturated rings. The lowest BCUT2D eigenvalue weighted by Crippen LogP contribution is -2.49. The highest BCUT2D eigenvalue weighted by Crippen LogP contribution is 2.49. The van der Waals surface area contributed by atoms with E-state index < -0.39 is 23.7 Å². The van der Waals surface area contributed by atoms with Crippen molar-refractivity contribution in [3.63, 3.8) is 0 Å². The second kappa shape index (κ2) is 5.85. The minimum absolute atomic E-state index is 0.287. The average molecular weight is 319 g/mol. The van der Waals surface area contributed by atoms with Gasteiger partial charge in [0.25, 0.3) is 0 Å². The Kier molecular flexibility index (Phi) is 4.02. The van der Waals surface area contributed by atoms with Gasteiger partial charge in [-0.2, -0.15) is 0 Å². The summed E-state index contributed by atoms with van der Waals surface area (Å²) in [6.45, 7) is 0.325. The van der Waals surface area contributed by atoms with E-state index in [2.05, 4.69) is 4.74 Å². The van der Waals surface area contributed by atoms with Gasteiger partial charge in [0.1, 0.15) is 0 Å². The Hall–Kier alpha value is -2.08. The molecular weight excluding hydrogens is 298 g/mol. The number of rotatable bonds is 3. The number of likely N-dealkylation sites (tertiary alicyclic amines) is 1. The monoisotopic (exact) mass is 319 g/mol. The van der Waals surface area contributed by atoms with Gasteiger partial charge in [0, 0.05) is 13.0 Å². The van der Waals surface area contributed by atoms with E-state index in [1.54, 1.807) is 24.3 Å². The van der Waals surface area contributed by atoms with Crippen LogP contribution in [-0.4, -0.2) is 46.4 Å². The van der Waals surface area contributed by atoms with Crippen LogP contribution in [0.1, 0.15) is 47.6 Å². The lowest BCUT2D eigenvalue weighted by atomic mass is 9.80. The number of ether oxygens (including phenoxy) is 1. The number of benzene rings is 1. The van der Waals surface area contributed by atoms with Crippen LogP contribution in [-0.2, 0) is 4.74 Å². The molecule has 6 heteroatoms. The van der Waals surface area contributed by atoms with Crippen molar-refractivity contribution in [2.75, 3.05) is 13.7 Å². The van der Waals surface area contributed by atoms with E-state index in [1.807, 2.05) is 0 Å². The fourth-order valence-electron chi connectivity index (χ4n) is 3.49. The Morgan fingerprint density at radius 1 is 1.26 bits per heavy atom. The van der Waals surface area contributed by atoms with Crippen molar-refractivity contribution in [1.29, 1.82) is 0 Å². The van der Waals surface area contributed by atoms with E-state index in [4.69, 9.17) is 0 Å². The molecule has 23 heavy (non-hydrogen) atoms. The van der Waals surface area contributed by atoms with E-state index in [-0.39, 0.29) is 5.92 Å². The minimum Gasteiger partial charge on any atom is -0.465 e. The Balaban J connectivity index is 1.86. The highest BCUT2D eigenvalue weighted by atomic mass is 16.5. The summed E-state index contributed by atoms with van der Waals surface area (Å²) < 4.78 is 4.67. The summed E-state index contributed by atoms with van der Waals surface area (Å²) in [5.74, 6) is -0.139. The van der Waals surface area contributed by atoms with Crippen LogP contribution in [0.4, 0.5) is 4.79 Å². The molecule has 2 atom stereocenters. The second-order valence-electron chi connectivity index (χ2n) is 6.44. The number of amides is 1. The molecule has 1 heterocycles. The van der Waals surface area contributed by atoms with Crippen molar-refractivity contribution >= 4 is 12.1 Å². The van der Waals surface area contributed by atoms with Crippen LogP contribution in [0.25, 0.3) is 0 Å². The third-order valence-electron chi connectivity index (χ3n) is 5.01. The first kappa shape index (κ1) is 15.8. The Morgan fingerprint density at radius 3 is 2.43 bits per heavy atom. The van der Waals surface area contributed by atoms with E-state index in [9.17, 15) is 19.8 Å². The second-order valence-corrected chi connectivity index (χ2v) is 6.44. The van der Waals surface area contributed by atoms with Crippen molar-refractivity contribution in [2.24, 2.45) is 5.92 Å². The molecule has 0 bridgehead atoms. The van der Waals surface area contributed by atoms with Crippen molar-refractivity contribution in [1.82, 2.24) is 4.90 Å². The molecule has 0 spiro atoms. The summed E-state index contributed by atoms with van der Waals surface area (Å²) in [6, 6.07) is 6.35. The highest BCUT2D eigenvalue weighted by molar-refractivity contribution is 5.89. The third-order valence-corrected chi connectivity index (χ3v) is 5.01. The summed E-state index contributed by atoms with van der Waals surface area (Å²) in [5, 5.41) is 20.3. The van der Waals surface area contributed by atoms with Crippen molar-refractivity contribution < 1.29 is 24.5 Å². The summed E-state index contributed by atoms with van der Waals surface area (Å²) in [6.07, 6.45) is 1.93. The molecule has 0 radical (unpaired) electrons. The molecule has 1 aliphatic heterocycles. The maximum atomic E-state index is 11.5. The van der Waals surface area contributed by atoms with E-state index >= 15 is 0 Å². The van der Waals surface area contributed by atoms with Crippen LogP contribution >= 0.6 is 0 Å². The van der Waals surface area contributed by atoms with Gasteiger partial charge in [-0.15, -0.1) is 0 Å². The first-order chi connectivity index (χ1) is 10.9. The van der Waals surface area contributed by atoms with Gasteiger partial charge in [-0.05, 0) is 42.9 Å². The number of hydrogen-bond acceptors (Lipinski definition) is 4. The number of carbonyl (C=O) groups excluding carboxylic acids is 1. The summed E-state index contributed by atoms with van der Waals surface area (Å²) in [5.41, 5.74) is 0.433. The van der Waals surface area contributed by atoms with Gasteiger partial charge in [-0.25, -0.2) is 9.59 Å². The van der Waals surface area contributed by atoms with E-state index in [0.29, 0.717) is 24.9 Å². The normalized spacial score (nSPS) is 27.6. The number of hydrogen-bond donors (Lipinski definition) is 2. The van der Waals surface area contributed by atoms with Crippen LogP contribution in [0.3, 0.4) is 0 Å². The molecular formula is C17H21NO5. The quantitative estimate of drug-likeness (QED) is 0.836. The zero-order valence-corrected chi connectivity index (χ0v) is 13.1. The number of aliphatic hydroxyl groups is 1. The molecule has 1 saturated carbocycles. The number of methoxy groups -OCH3 is 1. The fourth-order valence-corrected chi connectivity index (χ4v) is 3.49. The number of esters is 1. The topological polar surface area (TPSA) is 87.1 Å². The Labute approximate surface area is 134 Å². The van der Waals surface area contributed by atoms with E-state index in [1.165, 1.54) is 12.0 Å². The molecule has 1 aromatic rings. The molecule has 6 nitrogen and oxygen atoms in total. The zero-order chi connectivity index (χ0) is 16.6. The van der Waals surface area contributed by atoms with E-state index in [0.717, 1.165) is 18.4 Å². The number of nitrogens with zero attached hydrogens (tertiary/aromatic N) is 1. The summed E-state index contributed by atoms with van der Waals surface area (Å²) in [7, 11) is 1.32. The van der Waals surface area contributed by atoms with Gasteiger partial charge in [-0.3, -0.25) is 0 Å². The van der Waals surface area contributed by atoms with Crippen LogP contribution in [0.15, 0.2) is 24.3 Å². The molecule has 2 N–H and O–H groups in total. The van der Waals surface area contributed by atoms with Crippen LogP contribution in [0.2, 0.25) is 0 Å². The molecule has 124 valence electrons. The summed E-state index contributed by atoms with van der Waals surface area (Å²) in [4.78, 5) is 24.4. The predicted molar refractivity (Wildman–Crippen MR) is 82.2 cm³/mol. The van der Waals surface area contributed by atoms with Crippen LogP contribution < -0.4 is 0 Å². The van der Waals surface area contributed by atoms with Crippen molar-refractivity contribution in [3.05, 3.63) is 35.4 Å². The molecule has 1 amide bonds. The first-order valence-electron chi connectivity index (χ1n) is 7.85. The maximum absolute atomic E-state index is 11.5. The summed E-state index contributed by atoms with van der Waals surface area (Å²) >= 11 is 0. The molecule has 0 aromatic heterocycles. The standard InChI is InChI=1S/C17H21NO5/c1-23-15(19)12-4-2-11(3-5-12)14-10-17(22,13-6-7-13)8-9-18(14)16(20)21/h2-5,13-14,22H,6-10H2,1H3,(H,20,21)/t14-,17?/m0/s1. The van der Waals surface area contributed by atoms with Crippen molar-refractivity contribution in [2.45, 2.75) is 37.3 Å². The zero-order valence-electron chi connectivity index (χ0n) is 13.1. The molecule has 1 unspecified atom stereocenters. The predicted octanol–water partition coefficient (Wildman–Crippen LogP) is 2.43. The van der Waals surface area contributed by atoms with Gasteiger partial charge < -0.3 is 19.8 Å². The fraction of sp³-hybridized carbons (Fsp3) is 0.529. The molecule has 3 rings (SSSR count). The Bertz CT molecular complexity index is 610. The highest BCUT2D eigenvalue weighted by Gasteiger charge is 2.49. The number of piperidine rings is 1.